The van der Waals surface area contributed by atoms with E-state index >= 15 is 0 Å². The molecule has 3 N–H and O–H groups in total. The standard InChI is InChI=1S/C3H4.H3O4P/c1-3-2;1-5(2,3)4/h1-2H2;(H3,1,2,3,4). The fourth-order valence-corrected chi connectivity index (χ4v) is 0. The molecule has 0 heterocycles. The predicted molar refractivity (Wildman–Crippen MR) is 29.0 cm³/mol. The van der Waals surface area contributed by atoms with Crippen LogP contribution in [0.4, 0.5) is 0 Å². The van der Waals surface area contributed by atoms with Gasteiger partial charge in [0.05, 0.1) is 0 Å². The summed E-state index contributed by atoms with van der Waals surface area (Å²) in [7, 11) is -4.64. The van der Waals surface area contributed by atoms with E-state index in [1.165, 1.54) is 0 Å². The topological polar surface area (TPSA) is 77.8 Å². The summed E-state index contributed by atoms with van der Waals surface area (Å²) in [4.78, 5) is 21.6. The molecule has 0 aromatic carbocycles. The molecular weight excluding hydrogens is 131 g/mol. The van der Waals surface area contributed by atoms with Crippen molar-refractivity contribution in [3.63, 3.8) is 0 Å². The van der Waals surface area contributed by atoms with E-state index in [4.69, 9.17) is 19.2 Å². The molecule has 0 aliphatic heterocycles. The van der Waals surface area contributed by atoms with Crippen LogP contribution in [0.25, 0.3) is 0 Å². The minimum atomic E-state index is -4.64. The summed E-state index contributed by atoms with van der Waals surface area (Å²) >= 11 is 0. The summed E-state index contributed by atoms with van der Waals surface area (Å²) in [5.41, 5.74) is 2.25. The van der Waals surface area contributed by atoms with E-state index in [0.717, 1.165) is 0 Å². The van der Waals surface area contributed by atoms with Crippen molar-refractivity contribution in [2.24, 2.45) is 0 Å². The predicted octanol–water partition coefficient (Wildman–Crippen LogP) is 0.0287. The van der Waals surface area contributed by atoms with E-state index in [0.29, 0.717) is 0 Å². The van der Waals surface area contributed by atoms with Crippen molar-refractivity contribution in [3.05, 3.63) is 18.9 Å². The summed E-state index contributed by atoms with van der Waals surface area (Å²) < 4.78 is 8.88. The molecular formula is C3H7O4P. The van der Waals surface area contributed by atoms with Gasteiger partial charge >= 0.3 is 7.82 Å². The number of hydrogen-bond acceptors (Lipinski definition) is 1. The highest BCUT2D eigenvalue weighted by Crippen LogP contribution is 2.25. The van der Waals surface area contributed by atoms with Gasteiger partial charge in [0.15, 0.2) is 0 Å². The maximum absolute atomic E-state index is 8.88. The third kappa shape index (κ3) is 882. The third-order valence-electron chi connectivity index (χ3n) is 0. The molecule has 0 aromatic rings. The van der Waals surface area contributed by atoms with Gasteiger partial charge in [-0.15, -0.1) is 5.73 Å². The molecule has 4 nitrogen and oxygen atoms in total. The average Bonchev–Trinajstić information content (AvgIpc) is 1.27. The highest BCUT2D eigenvalue weighted by Gasteiger charge is 2.00. The van der Waals surface area contributed by atoms with Crippen LogP contribution in [0.15, 0.2) is 18.9 Å². The van der Waals surface area contributed by atoms with Crippen LogP contribution in [-0.4, -0.2) is 14.7 Å². The first-order chi connectivity index (χ1) is 3.41. The summed E-state index contributed by atoms with van der Waals surface area (Å²) in [6, 6.07) is 0. The second-order valence-corrected chi connectivity index (χ2v) is 1.79. The largest absolute Gasteiger partial charge is 0.466 e. The fourth-order valence-electron chi connectivity index (χ4n) is 0. The Kier molecular flexibility index (Phi) is 6.32. The fraction of sp³-hybridized carbons (Fsp3) is 0. The van der Waals surface area contributed by atoms with Crippen LogP contribution >= 0.6 is 7.82 Å². The normalized spacial score (nSPS) is 8.38. The number of rotatable bonds is 0. The molecule has 0 fully saturated rings. The molecule has 0 atom stereocenters. The zero-order chi connectivity index (χ0) is 7.21. The third-order valence-corrected chi connectivity index (χ3v) is 0. The zero-order valence-corrected chi connectivity index (χ0v) is 5.01. The molecule has 5 heteroatoms. The Balaban J connectivity index is 0. The Bertz CT molecular complexity index is 109. The number of hydrogen-bond donors (Lipinski definition) is 3. The van der Waals surface area contributed by atoms with E-state index in [2.05, 4.69) is 18.9 Å². The SMILES string of the molecule is C=C=C.O=P(O)(O)O. The van der Waals surface area contributed by atoms with Gasteiger partial charge in [-0.25, -0.2) is 4.57 Å². The van der Waals surface area contributed by atoms with Crippen molar-refractivity contribution in [1.82, 2.24) is 0 Å². The first kappa shape index (κ1) is 10.6. The smallest absolute Gasteiger partial charge is 0.303 e. The van der Waals surface area contributed by atoms with Gasteiger partial charge in [0.25, 0.3) is 0 Å². The second-order valence-electron chi connectivity index (χ2n) is 0.763. The van der Waals surface area contributed by atoms with Gasteiger partial charge in [-0.3, -0.25) is 0 Å². The van der Waals surface area contributed by atoms with Gasteiger partial charge in [-0.1, -0.05) is 13.2 Å². The quantitative estimate of drug-likeness (QED) is 0.326. The first-order valence-electron chi connectivity index (χ1n) is 1.49. The Morgan fingerprint density at radius 2 is 1.25 bits per heavy atom. The summed E-state index contributed by atoms with van der Waals surface area (Å²) in [6.45, 7) is 6.25. The van der Waals surface area contributed by atoms with Crippen LogP contribution in [-0.2, 0) is 4.57 Å². The first-order valence-corrected chi connectivity index (χ1v) is 3.05. The van der Waals surface area contributed by atoms with E-state index in [1.54, 1.807) is 0 Å². The molecule has 0 spiro atoms. The van der Waals surface area contributed by atoms with Crippen molar-refractivity contribution < 1.29 is 19.2 Å². The summed E-state index contributed by atoms with van der Waals surface area (Å²) in [5, 5.41) is 0. The molecule has 0 saturated carbocycles. The summed E-state index contributed by atoms with van der Waals surface area (Å²) in [5.74, 6) is 0. The van der Waals surface area contributed by atoms with Crippen LogP contribution in [0.5, 0.6) is 0 Å². The molecule has 0 saturated heterocycles. The maximum atomic E-state index is 8.88. The lowest BCUT2D eigenvalue weighted by molar-refractivity contribution is 0.275. The molecule has 0 aliphatic carbocycles. The van der Waals surface area contributed by atoms with Gasteiger partial charge in [0, 0.05) is 0 Å². The molecule has 8 heavy (non-hydrogen) atoms. The van der Waals surface area contributed by atoms with E-state index in [1.807, 2.05) is 0 Å². The highest BCUT2D eigenvalue weighted by molar-refractivity contribution is 7.45. The monoisotopic (exact) mass is 138 g/mol. The minimum Gasteiger partial charge on any atom is -0.303 e. The molecule has 0 radical (unpaired) electrons. The Hall–Kier alpha value is -0.370. The van der Waals surface area contributed by atoms with Crippen molar-refractivity contribution in [2.45, 2.75) is 0 Å². The molecule has 0 amide bonds. The molecule has 0 rings (SSSR count). The molecule has 0 bridgehead atoms. The van der Waals surface area contributed by atoms with E-state index in [9.17, 15) is 0 Å². The van der Waals surface area contributed by atoms with Gasteiger partial charge < -0.3 is 14.7 Å². The van der Waals surface area contributed by atoms with Crippen LogP contribution in [0.3, 0.4) is 0 Å². The van der Waals surface area contributed by atoms with E-state index < -0.39 is 7.82 Å². The van der Waals surface area contributed by atoms with Gasteiger partial charge in [0.1, 0.15) is 0 Å². The molecule has 0 aromatic heterocycles. The summed E-state index contributed by atoms with van der Waals surface area (Å²) in [6.07, 6.45) is 0. The molecule has 48 valence electrons. The van der Waals surface area contributed by atoms with Gasteiger partial charge in [-0.05, 0) is 0 Å². The van der Waals surface area contributed by atoms with Gasteiger partial charge in [-0.2, -0.15) is 0 Å². The van der Waals surface area contributed by atoms with Crippen LogP contribution < -0.4 is 0 Å². The maximum Gasteiger partial charge on any atom is 0.466 e. The van der Waals surface area contributed by atoms with Crippen LogP contribution in [0.2, 0.25) is 0 Å². The lowest BCUT2D eigenvalue weighted by Crippen LogP contribution is -1.66. The average molecular weight is 138 g/mol. The van der Waals surface area contributed by atoms with Crippen molar-refractivity contribution in [3.8, 4) is 0 Å². The molecule has 0 unspecified atom stereocenters. The minimum absolute atomic E-state index is 2.25. The van der Waals surface area contributed by atoms with Crippen LogP contribution in [0, 0.1) is 0 Å². The Morgan fingerprint density at radius 3 is 1.25 bits per heavy atom. The second kappa shape index (κ2) is 4.78. The van der Waals surface area contributed by atoms with Crippen molar-refractivity contribution in [2.75, 3.05) is 0 Å². The molecule has 0 aliphatic rings. The van der Waals surface area contributed by atoms with Crippen LogP contribution in [0.1, 0.15) is 0 Å². The van der Waals surface area contributed by atoms with Crippen molar-refractivity contribution >= 4 is 7.82 Å². The van der Waals surface area contributed by atoms with Crippen molar-refractivity contribution in [1.29, 1.82) is 0 Å². The lowest BCUT2D eigenvalue weighted by Gasteiger charge is -1.82. The number of phosphoric acid groups is 1. The zero-order valence-electron chi connectivity index (χ0n) is 4.11. The Labute approximate surface area is 47.0 Å². The Morgan fingerprint density at radius 1 is 1.25 bits per heavy atom. The van der Waals surface area contributed by atoms with E-state index in [-0.39, 0.29) is 0 Å². The lowest BCUT2D eigenvalue weighted by atomic mass is 11.0. The van der Waals surface area contributed by atoms with Gasteiger partial charge in [0.2, 0.25) is 0 Å². The highest BCUT2D eigenvalue weighted by atomic mass is 31.2.